The Balaban J connectivity index is 1.57. The van der Waals surface area contributed by atoms with E-state index in [1.807, 2.05) is 0 Å². The molecule has 1 saturated heterocycles. The smallest absolute Gasteiger partial charge is 0.325 e. The van der Waals surface area contributed by atoms with Gasteiger partial charge in [0, 0.05) is 24.3 Å². The highest BCUT2D eigenvalue weighted by Gasteiger charge is 2.20. The molecule has 0 spiro atoms. The maximum atomic E-state index is 12.1. The Bertz CT molecular complexity index is 759. The highest BCUT2D eigenvalue weighted by atomic mass is 32.1. The molecule has 1 atom stereocenters. The summed E-state index contributed by atoms with van der Waals surface area (Å²) in [4.78, 5) is 25.5. The number of ketones is 1. The molecule has 1 aliphatic heterocycles. The van der Waals surface area contributed by atoms with E-state index in [-0.39, 0.29) is 11.8 Å². The van der Waals surface area contributed by atoms with Crippen molar-refractivity contribution in [2.24, 2.45) is 5.92 Å². The van der Waals surface area contributed by atoms with Crippen LogP contribution < -0.4 is 15.5 Å². The number of benzene rings is 1. The van der Waals surface area contributed by atoms with Gasteiger partial charge in [-0.3, -0.25) is 10.1 Å². The molecule has 8 heteroatoms. The number of carbonyl (C=O) groups excluding carboxylic acids is 2. The molecule has 3 rings (SSSR count). The number of amides is 2. The molecule has 2 heterocycles. The van der Waals surface area contributed by atoms with Crippen molar-refractivity contribution < 1.29 is 9.59 Å². The minimum absolute atomic E-state index is 0.00979. The molecular formula is C17H21N5O2S. The van der Waals surface area contributed by atoms with Crippen molar-refractivity contribution in [2.75, 3.05) is 28.6 Å². The SMILES string of the molecule is CC(=O)c1ccc(NC(=O)Nc2nnc(N3CCC[C@@H](C)C3)s2)cc1. The summed E-state index contributed by atoms with van der Waals surface area (Å²) < 4.78 is 0. The van der Waals surface area contributed by atoms with Gasteiger partial charge in [-0.2, -0.15) is 0 Å². The molecular weight excluding hydrogens is 338 g/mol. The number of Topliss-reactive ketones (excluding diaryl/α,β-unsaturated/α-hetero) is 1. The van der Waals surface area contributed by atoms with Crippen LogP contribution in [0, 0.1) is 5.92 Å². The zero-order chi connectivity index (χ0) is 17.8. The second-order valence-electron chi connectivity index (χ2n) is 6.30. The zero-order valence-corrected chi connectivity index (χ0v) is 15.1. The fourth-order valence-electron chi connectivity index (χ4n) is 2.80. The van der Waals surface area contributed by atoms with E-state index in [4.69, 9.17) is 0 Å². The van der Waals surface area contributed by atoms with E-state index in [1.165, 1.54) is 24.7 Å². The number of hydrogen-bond donors (Lipinski definition) is 2. The molecule has 0 aliphatic carbocycles. The first-order valence-electron chi connectivity index (χ1n) is 8.28. The molecule has 0 unspecified atom stereocenters. The minimum atomic E-state index is -0.384. The van der Waals surface area contributed by atoms with Crippen LogP contribution in [0.1, 0.15) is 37.0 Å². The van der Waals surface area contributed by atoms with Crippen molar-refractivity contribution in [1.29, 1.82) is 0 Å². The maximum Gasteiger partial charge on any atom is 0.325 e. The van der Waals surface area contributed by atoms with Gasteiger partial charge in [0.05, 0.1) is 0 Å². The summed E-state index contributed by atoms with van der Waals surface area (Å²) in [5.41, 5.74) is 1.22. The van der Waals surface area contributed by atoms with Crippen molar-refractivity contribution in [3.63, 3.8) is 0 Å². The lowest BCUT2D eigenvalue weighted by Gasteiger charge is -2.29. The molecule has 25 heavy (non-hydrogen) atoms. The quantitative estimate of drug-likeness (QED) is 0.814. The van der Waals surface area contributed by atoms with Crippen molar-refractivity contribution in [2.45, 2.75) is 26.7 Å². The van der Waals surface area contributed by atoms with Crippen LogP contribution in [0.15, 0.2) is 24.3 Å². The van der Waals surface area contributed by atoms with E-state index in [0.29, 0.717) is 22.3 Å². The van der Waals surface area contributed by atoms with Gasteiger partial charge >= 0.3 is 6.03 Å². The molecule has 1 aromatic carbocycles. The van der Waals surface area contributed by atoms with E-state index in [1.54, 1.807) is 24.3 Å². The monoisotopic (exact) mass is 359 g/mol. The minimum Gasteiger partial charge on any atom is -0.346 e. The lowest BCUT2D eigenvalue weighted by molar-refractivity contribution is 0.101. The van der Waals surface area contributed by atoms with E-state index in [2.05, 4.69) is 32.7 Å². The van der Waals surface area contributed by atoms with Crippen LogP contribution in [0.3, 0.4) is 0 Å². The number of nitrogens with zero attached hydrogens (tertiary/aromatic N) is 3. The Kier molecular flexibility index (Phi) is 5.28. The first-order valence-corrected chi connectivity index (χ1v) is 9.10. The van der Waals surface area contributed by atoms with Crippen LogP contribution in [-0.4, -0.2) is 35.1 Å². The van der Waals surface area contributed by atoms with Gasteiger partial charge in [0.2, 0.25) is 10.3 Å². The van der Waals surface area contributed by atoms with Crippen molar-refractivity contribution in [3.8, 4) is 0 Å². The van der Waals surface area contributed by atoms with Gasteiger partial charge in [-0.1, -0.05) is 18.3 Å². The van der Waals surface area contributed by atoms with Crippen molar-refractivity contribution >= 4 is 39.1 Å². The fraction of sp³-hybridized carbons (Fsp3) is 0.412. The van der Waals surface area contributed by atoms with Crippen LogP contribution in [0.2, 0.25) is 0 Å². The molecule has 1 aromatic heterocycles. The van der Waals surface area contributed by atoms with Crippen LogP contribution >= 0.6 is 11.3 Å². The summed E-state index contributed by atoms with van der Waals surface area (Å²) in [6.45, 7) is 5.69. The predicted octanol–water partition coefficient (Wildman–Crippen LogP) is 3.62. The van der Waals surface area contributed by atoms with Gasteiger partial charge in [0.1, 0.15) is 0 Å². The van der Waals surface area contributed by atoms with Gasteiger partial charge < -0.3 is 10.2 Å². The number of piperidine rings is 1. The number of anilines is 3. The maximum absolute atomic E-state index is 12.1. The predicted molar refractivity (Wildman–Crippen MR) is 99.6 cm³/mol. The summed E-state index contributed by atoms with van der Waals surface area (Å²) in [6.07, 6.45) is 2.39. The molecule has 0 bridgehead atoms. The molecule has 132 valence electrons. The molecule has 0 radical (unpaired) electrons. The normalized spacial score (nSPS) is 17.2. The van der Waals surface area contributed by atoms with Crippen LogP contribution in [0.25, 0.3) is 0 Å². The van der Waals surface area contributed by atoms with E-state index in [0.717, 1.165) is 24.6 Å². The molecule has 0 saturated carbocycles. The van der Waals surface area contributed by atoms with Crippen molar-refractivity contribution in [1.82, 2.24) is 10.2 Å². The Labute approximate surface area is 150 Å². The number of carbonyl (C=O) groups is 2. The molecule has 1 fully saturated rings. The third kappa shape index (κ3) is 4.54. The lowest BCUT2D eigenvalue weighted by atomic mass is 10.0. The number of aromatic nitrogens is 2. The summed E-state index contributed by atoms with van der Waals surface area (Å²) in [6, 6.07) is 6.36. The Morgan fingerprint density at radius 2 is 1.96 bits per heavy atom. The highest BCUT2D eigenvalue weighted by Crippen LogP contribution is 2.28. The summed E-state index contributed by atoms with van der Waals surface area (Å²) in [7, 11) is 0. The number of urea groups is 1. The summed E-state index contributed by atoms with van der Waals surface area (Å²) >= 11 is 1.37. The van der Waals surface area contributed by atoms with E-state index < -0.39 is 0 Å². The average Bonchev–Trinajstić information content (AvgIpc) is 3.03. The van der Waals surface area contributed by atoms with Gasteiger partial charge in [0.25, 0.3) is 0 Å². The summed E-state index contributed by atoms with van der Waals surface area (Å²) in [5, 5.41) is 14.9. The first kappa shape index (κ1) is 17.3. The van der Waals surface area contributed by atoms with Crippen LogP contribution in [0.4, 0.5) is 20.7 Å². The standard InChI is InChI=1S/C17H21N5O2S/c1-11-4-3-9-22(10-11)17-21-20-16(25-17)19-15(24)18-14-7-5-13(6-8-14)12(2)23/h5-8,11H,3-4,9-10H2,1-2H3,(H2,18,19,20,24)/t11-/m1/s1. The molecule has 1 aliphatic rings. The van der Waals surface area contributed by atoms with Gasteiger partial charge in [-0.25, -0.2) is 4.79 Å². The summed E-state index contributed by atoms with van der Waals surface area (Å²) in [5.74, 6) is 0.639. The topological polar surface area (TPSA) is 87.2 Å². The first-order chi connectivity index (χ1) is 12.0. The van der Waals surface area contributed by atoms with Gasteiger partial charge in [-0.05, 0) is 49.9 Å². The highest BCUT2D eigenvalue weighted by molar-refractivity contribution is 7.19. The Morgan fingerprint density at radius 3 is 2.64 bits per heavy atom. The van der Waals surface area contributed by atoms with Crippen molar-refractivity contribution in [3.05, 3.63) is 29.8 Å². The largest absolute Gasteiger partial charge is 0.346 e. The second kappa shape index (κ2) is 7.60. The van der Waals surface area contributed by atoms with Gasteiger partial charge in [0.15, 0.2) is 5.78 Å². The third-order valence-corrected chi connectivity index (χ3v) is 5.01. The molecule has 2 amide bonds. The Morgan fingerprint density at radius 1 is 1.20 bits per heavy atom. The van der Waals surface area contributed by atoms with Crippen LogP contribution in [-0.2, 0) is 0 Å². The lowest BCUT2D eigenvalue weighted by Crippen LogP contribution is -2.34. The number of hydrogen-bond acceptors (Lipinski definition) is 6. The molecule has 2 N–H and O–H groups in total. The second-order valence-corrected chi connectivity index (χ2v) is 7.25. The molecule has 2 aromatic rings. The van der Waals surface area contributed by atoms with E-state index in [9.17, 15) is 9.59 Å². The number of rotatable bonds is 4. The molecule has 7 nitrogen and oxygen atoms in total. The Hall–Kier alpha value is -2.48. The van der Waals surface area contributed by atoms with Gasteiger partial charge in [-0.15, -0.1) is 10.2 Å². The third-order valence-electron chi connectivity index (χ3n) is 4.11. The van der Waals surface area contributed by atoms with E-state index >= 15 is 0 Å². The fourth-order valence-corrected chi connectivity index (χ4v) is 3.58. The average molecular weight is 359 g/mol. The zero-order valence-electron chi connectivity index (χ0n) is 14.3. The number of nitrogens with one attached hydrogen (secondary N) is 2. The van der Waals surface area contributed by atoms with Crippen LogP contribution in [0.5, 0.6) is 0 Å².